The van der Waals surface area contributed by atoms with Crippen LogP contribution >= 0.6 is 0 Å². The maximum atomic E-state index is 7.11. The van der Waals surface area contributed by atoms with E-state index in [-0.39, 0.29) is 17.3 Å². The largest absolute Gasteiger partial charge is 0.453 e. The van der Waals surface area contributed by atoms with Crippen molar-refractivity contribution in [1.29, 1.82) is 0 Å². The fourth-order valence-corrected chi connectivity index (χ4v) is 11.2. The van der Waals surface area contributed by atoms with Crippen LogP contribution in [0.15, 0.2) is 248 Å². The Labute approximate surface area is 373 Å². The van der Waals surface area contributed by atoms with Crippen LogP contribution in [0, 0.1) is 5.92 Å². The molecule has 302 valence electrons. The molecule has 0 amide bonds. The van der Waals surface area contributed by atoms with Gasteiger partial charge in [0.05, 0.1) is 17.0 Å². The normalized spacial score (nSPS) is 16.7. The first-order valence-electron chi connectivity index (χ1n) is 22.2. The van der Waals surface area contributed by atoms with Gasteiger partial charge in [0, 0.05) is 23.4 Å². The topological polar surface area (TPSA) is 21.7 Å². The van der Waals surface area contributed by atoms with E-state index in [1.165, 1.54) is 55.6 Å². The SMILES string of the molecule is C1=CC2C(C3=C1Oc1cc(N(c4ccc(-c5ccccc5-c5ccccc5)cc4)c4cccc(-c5ccccc5)c4)ccc1O3)c1ccccc1C21c2ccccc2-c2ccccc21. The summed E-state index contributed by atoms with van der Waals surface area (Å²) in [4.78, 5) is 2.31. The molecule has 2 atom stereocenters. The van der Waals surface area contributed by atoms with E-state index in [9.17, 15) is 0 Å². The molecule has 0 aromatic heterocycles. The summed E-state index contributed by atoms with van der Waals surface area (Å²) in [6.45, 7) is 0. The molecule has 0 N–H and O–H groups in total. The Bertz CT molecular complexity index is 3300. The van der Waals surface area contributed by atoms with Crippen molar-refractivity contribution in [3.8, 4) is 56.0 Å². The Morgan fingerprint density at radius 1 is 0.375 bits per heavy atom. The van der Waals surface area contributed by atoms with Crippen molar-refractivity contribution < 1.29 is 9.47 Å². The standard InChI is InChI=1S/C61H41NO2/c1-3-16-40(17-4-1)43-20-15-21-45(38-43)62(44-32-30-42(31-33-44)48-23-8-7-22-47(48)41-18-5-2-6-19-41)46-34-36-56-58(39-46)63-57-37-35-55-59(60(57)64-56)51-26-11-14-29-54(51)61(55)52-27-12-9-24-49(52)50-25-10-13-28-53(50)61/h1-39,55,59H. The lowest BCUT2D eigenvalue weighted by Crippen LogP contribution is -2.35. The van der Waals surface area contributed by atoms with Gasteiger partial charge in [-0.15, -0.1) is 0 Å². The minimum Gasteiger partial charge on any atom is -0.453 e. The van der Waals surface area contributed by atoms with E-state index in [1.54, 1.807) is 0 Å². The molecule has 2 unspecified atom stereocenters. The summed E-state index contributed by atoms with van der Waals surface area (Å²) < 4.78 is 14.1. The predicted molar refractivity (Wildman–Crippen MR) is 259 cm³/mol. The van der Waals surface area contributed by atoms with Crippen LogP contribution in [-0.4, -0.2) is 0 Å². The van der Waals surface area contributed by atoms with E-state index in [1.807, 2.05) is 0 Å². The maximum absolute atomic E-state index is 7.11. The molecule has 3 nitrogen and oxygen atoms in total. The van der Waals surface area contributed by atoms with Gasteiger partial charge in [-0.3, -0.25) is 0 Å². The molecule has 9 aromatic rings. The third-order valence-electron chi connectivity index (χ3n) is 13.8. The predicted octanol–water partition coefficient (Wildman–Crippen LogP) is 15.4. The van der Waals surface area contributed by atoms with Crippen LogP contribution in [0.2, 0.25) is 0 Å². The Morgan fingerprint density at radius 3 is 1.62 bits per heavy atom. The molecule has 0 radical (unpaired) electrons. The van der Waals surface area contributed by atoms with Crippen molar-refractivity contribution in [2.45, 2.75) is 11.3 Å². The van der Waals surface area contributed by atoms with Crippen molar-refractivity contribution in [1.82, 2.24) is 0 Å². The molecule has 3 heteroatoms. The maximum Gasteiger partial charge on any atom is 0.172 e. The number of nitrogens with zero attached hydrogens (tertiary/aromatic N) is 1. The Hall–Kier alpha value is -8.14. The van der Waals surface area contributed by atoms with Crippen molar-refractivity contribution in [3.63, 3.8) is 0 Å². The highest BCUT2D eigenvalue weighted by Gasteiger charge is 2.59. The first-order valence-corrected chi connectivity index (χ1v) is 22.2. The zero-order chi connectivity index (χ0) is 42.2. The highest BCUT2D eigenvalue weighted by Crippen LogP contribution is 2.67. The molecule has 64 heavy (non-hydrogen) atoms. The molecule has 0 saturated heterocycles. The Balaban J connectivity index is 0.896. The highest BCUT2D eigenvalue weighted by molar-refractivity contribution is 5.88. The van der Waals surface area contributed by atoms with E-state index in [0.717, 1.165) is 39.7 Å². The van der Waals surface area contributed by atoms with E-state index >= 15 is 0 Å². The summed E-state index contributed by atoms with van der Waals surface area (Å²) in [7, 11) is 0. The fraction of sp³-hybridized carbons (Fsp3) is 0.0492. The average molecular weight is 820 g/mol. The van der Waals surface area contributed by atoms with Crippen molar-refractivity contribution in [2.75, 3.05) is 4.90 Å². The van der Waals surface area contributed by atoms with Gasteiger partial charge in [0.2, 0.25) is 0 Å². The molecular formula is C61H41NO2. The quantitative estimate of drug-likeness (QED) is 0.167. The highest BCUT2D eigenvalue weighted by atomic mass is 16.6. The minimum atomic E-state index is -0.342. The van der Waals surface area contributed by atoms with Crippen LogP contribution in [0.25, 0.3) is 44.5 Å². The number of rotatable bonds is 6. The second-order valence-electron chi connectivity index (χ2n) is 17.1. The summed E-state index contributed by atoms with van der Waals surface area (Å²) in [5.74, 6) is 3.12. The van der Waals surface area contributed by atoms with Crippen molar-refractivity contribution in [2.24, 2.45) is 5.92 Å². The van der Waals surface area contributed by atoms with Crippen molar-refractivity contribution in [3.05, 3.63) is 270 Å². The molecule has 13 rings (SSSR count). The van der Waals surface area contributed by atoms with Crippen molar-refractivity contribution >= 4 is 17.1 Å². The zero-order valence-corrected chi connectivity index (χ0v) is 34.9. The molecule has 1 spiro atoms. The first-order chi connectivity index (χ1) is 31.7. The number of hydrogen-bond donors (Lipinski definition) is 0. The van der Waals surface area contributed by atoms with E-state index in [0.29, 0.717) is 11.5 Å². The molecule has 4 aliphatic rings. The molecular weight excluding hydrogens is 779 g/mol. The van der Waals surface area contributed by atoms with Gasteiger partial charge in [-0.1, -0.05) is 188 Å². The van der Waals surface area contributed by atoms with Crippen LogP contribution in [0.5, 0.6) is 11.5 Å². The summed E-state index contributed by atoms with van der Waals surface area (Å²) in [6, 6.07) is 80.8. The van der Waals surface area contributed by atoms with Crippen LogP contribution < -0.4 is 14.4 Å². The van der Waals surface area contributed by atoms with Crippen LogP contribution in [0.3, 0.4) is 0 Å². The second kappa shape index (κ2) is 14.5. The summed E-state index contributed by atoms with van der Waals surface area (Å²) in [5.41, 5.74) is 17.7. The zero-order valence-electron chi connectivity index (χ0n) is 34.9. The van der Waals surface area contributed by atoms with Gasteiger partial charge in [-0.05, 0) is 109 Å². The van der Waals surface area contributed by atoms with Gasteiger partial charge in [0.25, 0.3) is 0 Å². The summed E-state index contributed by atoms with van der Waals surface area (Å²) in [5, 5.41) is 0. The number of ether oxygens (including phenoxy) is 2. The van der Waals surface area contributed by atoms with E-state index in [2.05, 4.69) is 242 Å². The van der Waals surface area contributed by atoms with Gasteiger partial charge < -0.3 is 14.4 Å². The van der Waals surface area contributed by atoms with Gasteiger partial charge in [0.15, 0.2) is 23.0 Å². The number of hydrogen-bond acceptors (Lipinski definition) is 3. The lowest BCUT2D eigenvalue weighted by atomic mass is 9.65. The third kappa shape index (κ3) is 5.47. The van der Waals surface area contributed by atoms with E-state index in [4.69, 9.17) is 9.47 Å². The summed E-state index contributed by atoms with van der Waals surface area (Å²) in [6.07, 6.45) is 4.55. The lowest BCUT2D eigenvalue weighted by molar-refractivity contribution is 0.255. The molecule has 0 saturated carbocycles. The number of allylic oxidation sites excluding steroid dienone is 3. The summed E-state index contributed by atoms with van der Waals surface area (Å²) >= 11 is 0. The van der Waals surface area contributed by atoms with Crippen LogP contribution in [-0.2, 0) is 5.41 Å². The lowest BCUT2D eigenvalue weighted by Gasteiger charge is -2.38. The third-order valence-corrected chi connectivity index (χ3v) is 13.8. The first kappa shape index (κ1) is 36.5. The molecule has 0 bridgehead atoms. The molecule has 1 aliphatic heterocycles. The number of benzene rings is 9. The van der Waals surface area contributed by atoms with Gasteiger partial charge in [-0.2, -0.15) is 0 Å². The smallest absolute Gasteiger partial charge is 0.172 e. The molecule has 3 aliphatic carbocycles. The fourth-order valence-electron chi connectivity index (χ4n) is 11.2. The number of fused-ring (bicyclic) bond motifs is 12. The molecule has 9 aromatic carbocycles. The molecule has 1 heterocycles. The van der Waals surface area contributed by atoms with Crippen LogP contribution in [0.1, 0.15) is 28.2 Å². The van der Waals surface area contributed by atoms with Gasteiger partial charge in [0.1, 0.15) is 0 Å². The monoisotopic (exact) mass is 819 g/mol. The van der Waals surface area contributed by atoms with E-state index < -0.39 is 0 Å². The van der Waals surface area contributed by atoms with Gasteiger partial charge in [-0.25, -0.2) is 0 Å². The van der Waals surface area contributed by atoms with Crippen LogP contribution in [0.4, 0.5) is 17.1 Å². The minimum absolute atomic E-state index is 0.0222. The average Bonchev–Trinajstić information content (AvgIpc) is 3.84. The van der Waals surface area contributed by atoms with Gasteiger partial charge >= 0.3 is 0 Å². The Morgan fingerprint density at radius 2 is 0.922 bits per heavy atom. The second-order valence-corrected chi connectivity index (χ2v) is 17.1. The Kier molecular flexibility index (Phi) is 8.26. The number of anilines is 3. The molecule has 0 fully saturated rings.